The average Bonchev–Trinajstić information content (AvgIpc) is 2.73. The van der Waals surface area contributed by atoms with Gasteiger partial charge in [0.2, 0.25) is 10.0 Å². The molecule has 4 nitrogen and oxygen atoms in total. The van der Waals surface area contributed by atoms with E-state index in [1.807, 2.05) is 0 Å². The number of sulfonamides is 1. The van der Waals surface area contributed by atoms with Crippen LogP contribution in [0.15, 0.2) is 14.7 Å². The van der Waals surface area contributed by atoms with Crippen LogP contribution in [0.2, 0.25) is 0 Å². The van der Waals surface area contributed by atoms with Crippen LogP contribution in [0.4, 0.5) is 0 Å². The maximum atomic E-state index is 12.2. The molecular formula is C9H12BrNO3S2. The van der Waals surface area contributed by atoms with Gasteiger partial charge in [-0.05, 0) is 35.3 Å². The fourth-order valence-corrected chi connectivity index (χ4v) is 5.63. The summed E-state index contributed by atoms with van der Waals surface area (Å²) in [4.78, 5) is 1.12. The zero-order chi connectivity index (χ0) is 11.9. The molecule has 1 fully saturated rings. The van der Waals surface area contributed by atoms with Crippen molar-refractivity contribution < 1.29 is 13.5 Å². The molecule has 0 aromatic carbocycles. The van der Waals surface area contributed by atoms with Crippen molar-refractivity contribution in [3.05, 3.63) is 14.7 Å². The summed E-state index contributed by atoms with van der Waals surface area (Å²) < 4.78 is 26.6. The molecule has 1 aliphatic rings. The molecule has 0 radical (unpaired) electrons. The smallest absolute Gasteiger partial charge is 0.244 e. The number of aryl methyl sites for hydroxylation is 1. The molecule has 7 heteroatoms. The minimum Gasteiger partial charge on any atom is -0.392 e. The van der Waals surface area contributed by atoms with E-state index in [0.717, 1.165) is 8.66 Å². The number of thiophene rings is 1. The summed E-state index contributed by atoms with van der Waals surface area (Å²) in [5.74, 6) is 0. The predicted octanol–water partition coefficient (Wildman–Crippen LogP) is 1.57. The van der Waals surface area contributed by atoms with Gasteiger partial charge in [0.1, 0.15) is 0 Å². The molecule has 0 spiro atoms. The van der Waals surface area contributed by atoms with Crippen molar-refractivity contribution in [2.45, 2.75) is 24.3 Å². The van der Waals surface area contributed by atoms with Crippen LogP contribution in [-0.4, -0.2) is 37.0 Å². The molecule has 16 heavy (non-hydrogen) atoms. The van der Waals surface area contributed by atoms with Gasteiger partial charge in [-0.15, -0.1) is 11.3 Å². The maximum Gasteiger partial charge on any atom is 0.244 e. The molecule has 2 heterocycles. The molecule has 0 unspecified atom stereocenters. The second-order valence-electron chi connectivity index (χ2n) is 3.78. The number of β-amino-alcohol motifs (C(OH)–C–C–N with tert-alkyl or cyclic N) is 1. The van der Waals surface area contributed by atoms with Gasteiger partial charge < -0.3 is 5.11 Å². The molecule has 0 saturated carbocycles. The third kappa shape index (κ3) is 2.19. The van der Waals surface area contributed by atoms with Gasteiger partial charge in [0.25, 0.3) is 0 Å². The molecule has 1 atom stereocenters. The van der Waals surface area contributed by atoms with Crippen molar-refractivity contribution in [1.29, 1.82) is 0 Å². The summed E-state index contributed by atoms with van der Waals surface area (Å²) >= 11 is 4.69. The highest BCUT2D eigenvalue weighted by Gasteiger charge is 2.33. The van der Waals surface area contributed by atoms with Crippen LogP contribution in [0, 0.1) is 6.92 Å². The second kappa shape index (κ2) is 4.38. The van der Waals surface area contributed by atoms with E-state index in [-0.39, 0.29) is 6.54 Å². The van der Waals surface area contributed by atoms with E-state index in [0.29, 0.717) is 17.9 Å². The molecular weight excluding hydrogens is 314 g/mol. The molecule has 1 aromatic rings. The lowest BCUT2D eigenvalue weighted by atomic mass is 10.3. The second-order valence-corrected chi connectivity index (χ2v) is 8.32. The van der Waals surface area contributed by atoms with Crippen LogP contribution in [-0.2, 0) is 10.0 Å². The SMILES string of the molecule is Cc1sc(Br)cc1S(=O)(=O)N1CC[C@H](O)C1. The third-order valence-electron chi connectivity index (χ3n) is 2.59. The Morgan fingerprint density at radius 3 is 2.75 bits per heavy atom. The number of aliphatic hydroxyl groups excluding tert-OH is 1. The normalized spacial score (nSPS) is 22.8. The van der Waals surface area contributed by atoms with E-state index < -0.39 is 16.1 Å². The Morgan fingerprint density at radius 2 is 2.31 bits per heavy atom. The quantitative estimate of drug-likeness (QED) is 0.898. The van der Waals surface area contributed by atoms with Crippen molar-refractivity contribution in [2.75, 3.05) is 13.1 Å². The van der Waals surface area contributed by atoms with Gasteiger partial charge in [-0.2, -0.15) is 4.31 Å². The summed E-state index contributed by atoms with van der Waals surface area (Å²) in [7, 11) is -3.43. The first kappa shape index (κ1) is 12.5. The number of rotatable bonds is 2. The van der Waals surface area contributed by atoms with E-state index in [2.05, 4.69) is 15.9 Å². The highest BCUT2D eigenvalue weighted by Crippen LogP contribution is 2.32. The fraction of sp³-hybridized carbons (Fsp3) is 0.556. The Morgan fingerprint density at radius 1 is 1.62 bits per heavy atom. The standard InChI is InChI=1S/C9H12BrNO3S2/c1-6-8(4-9(10)15-6)16(13,14)11-3-2-7(12)5-11/h4,7,12H,2-3,5H2,1H3/t7-/m0/s1. The Bertz CT molecular complexity index is 497. The van der Waals surface area contributed by atoms with Crippen molar-refractivity contribution >= 4 is 37.3 Å². The van der Waals surface area contributed by atoms with Crippen molar-refractivity contribution in [3.8, 4) is 0 Å². The molecule has 1 aromatic heterocycles. The van der Waals surface area contributed by atoms with Crippen LogP contribution >= 0.6 is 27.3 Å². The van der Waals surface area contributed by atoms with Crippen molar-refractivity contribution in [3.63, 3.8) is 0 Å². The molecule has 1 aliphatic heterocycles. The molecule has 0 amide bonds. The van der Waals surface area contributed by atoms with Gasteiger partial charge in [0.05, 0.1) is 14.8 Å². The minimum absolute atomic E-state index is 0.204. The molecule has 2 rings (SSSR count). The fourth-order valence-electron chi connectivity index (χ4n) is 1.75. The first-order chi connectivity index (χ1) is 7.41. The molecule has 1 N–H and O–H groups in total. The van der Waals surface area contributed by atoms with Crippen LogP contribution in [0.25, 0.3) is 0 Å². The number of halogens is 1. The van der Waals surface area contributed by atoms with E-state index in [1.54, 1.807) is 13.0 Å². The van der Waals surface area contributed by atoms with Crippen LogP contribution < -0.4 is 0 Å². The van der Waals surface area contributed by atoms with Gasteiger partial charge in [-0.1, -0.05) is 0 Å². The summed E-state index contributed by atoms with van der Waals surface area (Å²) in [6, 6.07) is 1.63. The highest BCUT2D eigenvalue weighted by atomic mass is 79.9. The summed E-state index contributed by atoms with van der Waals surface area (Å²) in [5, 5.41) is 9.37. The maximum absolute atomic E-state index is 12.2. The van der Waals surface area contributed by atoms with E-state index in [1.165, 1.54) is 15.6 Å². The Hall–Kier alpha value is 0.0500. The number of hydrogen-bond donors (Lipinski definition) is 1. The van der Waals surface area contributed by atoms with Gasteiger partial charge in [-0.3, -0.25) is 0 Å². The van der Waals surface area contributed by atoms with E-state index in [4.69, 9.17) is 0 Å². The van der Waals surface area contributed by atoms with Crippen LogP contribution in [0.5, 0.6) is 0 Å². The van der Waals surface area contributed by atoms with Gasteiger partial charge in [0, 0.05) is 18.0 Å². The van der Waals surface area contributed by atoms with Crippen LogP contribution in [0.1, 0.15) is 11.3 Å². The first-order valence-corrected chi connectivity index (χ1v) is 7.90. The van der Waals surface area contributed by atoms with E-state index in [9.17, 15) is 13.5 Å². The summed E-state index contributed by atoms with van der Waals surface area (Å²) in [6.45, 7) is 2.39. The Labute approximate surface area is 107 Å². The number of nitrogens with zero attached hydrogens (tertiary/aromatic N) is 1. The predicted molar refractivity (Wildman–Crippen MR) is 66.1 cm³/mol. The summed E-state index contributed by atoms with van der Waals surface area (Å²) in [6.07, 6.45) is -0.0130. The molecule has 1 saturated heterocycles. The van der Waals surface area contributed by atoms with E-state index >= 15 is 0 Å². The Kier molecular flexibility index (Phi) is 3.42. The summed E-state index contributed by atoms with van der Waals surface area (Å²) in [5.41, 5.74) is 0. The first-order valence-electron chi connectivity index (χ1n) is 4.85. The number of aliphatic hydroxyl groups is 1. The molecule has 90 valence electrons. The monoisotopic (exact) mass is 325 g/mol. The average molecular weight is 326 g/mol. The van der Waals surface area contributed by atoms with Crippen molar-refractivity contribution in [2.24, 2.45) is 0 Å². The molecule has 0 bridgehead atoms. The van der Waals surface area contributed by atoms with Crippen molar-refractivity contribution in [1.82, 2.24) is 4.31 Å². The molecule has 0 aliphatic carbocycles. The number of hydrogen-bond acceptors (Lipinski definition) is 4. The zero-order valence-corrected chi connectivity index (χ0v) is 11.9. The lowest BCUT2D eigenvalue weighted by Crippen LogP contribution is -2.29. The lowest BCUT2D eigenvalue weighted by molar-refractivity contribution is 0.189. The third-order valence-corrected chi connectivity index (χ3v) is 6.26. The lowest BCUT2D eigenvalue weighted by Gasteiger charge is -2.15. The van der Waals surface area contributed by atoms with Crippen LogP contribution in [0.3, 0.4) is 0 Å². The largest absolute Gasteiger partial charge is 0.392 e. The minimum atomic E-state index is -3.43. The Balaban J connectivity index is 2.36. The zero-order valence-electron chi connectivity index (χ0n) is 8.68. The highest BCUT2D eigenvalue weighted by molar-refractivity contribution is 9.11. The van der Waals surface area contributed by atoms with Gasteiger partial charge in [0.15, 0.2) is 0 Å². The van der Waals surface area contributed by atoms with Gasteiger partial charge in [-0.25, -0.2) is 8.42 Å². The topological polar surface area (TPSA) is 57.6 Å². The van der Waals surface area contributed by atoms with Gasteiger partial charge >= 0.3 is 0 Å².